The Kier molecular flexibility index (Phi) is 3.21. The number of nitrogens with zero attached hydrogens (tertiary/aromatic N) is 1. The van der Waals surface area contributed by atoms with E-state index in [1.54, 1.807) is 0 Å². The topological polar surface area (TPSA) is 57.2 Å². The van der Waals surface area contributed by atoms with Crippen LogP contribution in [-0.2, 0) is 11.2 Å². The molecule has 0 spiro atoms. The molecule has 0 bridgehead atoms. The van der Waals surface area contributed by atoms with E-state index in [1.165, 1.54) is 5.56 Å². The maximum absolute atomic E-state index is 11.8. The van der Waals surface area contributed by atoms with E-state index in [4.69, 9.17) is 0 Å². The number of hydrogen-bond acceptors (Lipinski definition) is 2. The quantitative estimate of drug-likeness (QED) is 0.823. The molecule has 0 aliphatic carbocycles. The lowest BCUT2D eigenvalue weighted by Crippen LogP contribution is -2.14. The Morgan fingerprint density at radius 1 is 1.20 bits per heavy atom. The molecular weight excluding hydrogens is 250 g/mol. The lowest BCUT2D eigenvalue weighted by Gasteiger charge is -2.02. The number of benzene rings is 1. The number of carbonyl (C=O) groups excluding carboxylic acids is 1. The molecule has 1 aromatic carbocycles. The number of amides is 1. The Bertz CT molecular complexity index is 679. The van der Waals surface area contributed by atoms with Crippen LogP contribution in [0.15, 0.2) is 53.3 Å². The monoisotopic (exact) mass is 265 g/mol. The molecule has 0 saturated heterocycles. The van der Waals surface area contributed by atoms with Gasteiger partial charge in [-0.15, -0.1) is 0 Å². The highest BCUT2D eigenvalue weighted by atomic mass is 16.2. The second-order valence-electron chi connectivity index (χ2n) is 4.85. The van der Waals surface area contributed by atoms with Gasteiger partial charge in [0.15, 0.2) is 0 Å². The maximum atomic E-state index is 11.8. The van der Waals surface area contributed by atoms with Crippen molar-refractivity contribution in [3.8, 4) is 0 Å². The number of aryl methyl sites for hydroxylation is 1. The fraction of sp³-hybridized carbons (Fsp3) is 0.125. The van der Waals surface area contributed by atoms with Crippen LogP contribution in [0.2, 0.25) is 0 Å². The van der Waals surface area contributed by atoms with Crippen molar-refractivity contribution < 1.29 is 4.79 Å². The van der Waals surface area contributed by atoms with Gasteiger partial charge < -0.3 is 4.98 Å². The van der Waals surface area contributed by atoms with Crippen LogP contribution in [0.1, 0.15) is 16.8 Å². The minimum Gasteiger partial charge on any atom is -0.362 e. The summed E-state index contributed by atoms with van der Waals surface area (Å²) < 4.78 is 0. The molecular formula is C16H15N3O. The lowest BCUT2D eigenvalue weighted by molar-refractivity contribution is -0.116. The molecule has 1 amide bonds. The molecule has 0 unspecified atom stereocenters. The Hall–Kier alpha value is -2.62. The van der Waals surface area contributed by atoms with Gasteiger partial charge in [0.1, 0.15) is 0 Å². The van der Waals surface area contributed by atoms with Gasteiger partial charge in [-0.05, 0) is 30.7 Å². The Morgan fingerprint density at radius 2 is 2.00 bits per heavy atom. The zero-order chi connectivity index (χ0) is 13.9. The van der Waals surface area contributed by atoms with E-state index in [0.29, 0.717) is 12.0 Å². The van der Waals surface area contributed by atoms with Crippen molar-refractivity contribution >= 4 is 17.7 Å². The van der Waals surface area contributed by atoms with Crippen LogP contribution in [-0.4, -0.2) is 16.6 Å². The van der Waals surface area contributed by atoms with Gasteiger partial charge in [0.05, 0.1) is 11.3 Å². The van der Waals surface area contributed by atoms with Crippen molar-refractivity contribution in [2.45, 2.75) is 13.3 Å². The summed E-state index contributed by atoms with van der Waals surface area (Å²) in [4.78, 5) is 14.9. The van der Waals surface area contributed by atoms with Crippen LogP contribution in [0.5, 0.6) is 0 Å². The molecule has 100 valence electrons. The molecule has 2 aromatic rings. The number of hydrazone groups is 1. The number of nitrogens with one attached hydrogen (secondary N) is 2. The molecule has 0 radical (unpaired) electrons. The summed E-state index contributed by atoms with van der Waals surface area (Å²) >= 11 is 0. The summed E-state index contributed by atoms with van der Waals surface area (Å²) in [5, 5.41) is 4.13. The van der Waals surface area contributed by atoms with Gasteiger partial charge in [0.2, 0.25) is 0 Å². The van der Waals surface area contributed by atoms with Crippen LogP contribution in [0, 0.1) is 6.92 Å². The first-order valence-corrected chi connectivity index (χ1v) is 6.50. The van der Waals surface area contributed by atoms with Crippen molar-refractivity contribution in [3.63, 3.8) is 0 Å². The van der Waals surface area contributed by atoms with E-state index in [2.05, 4.69) is 46.7 Å². The summed E-state index contributed by atoms with van der Waals surface area (Å²) in [6.07, 6.45) is 4.30. The highest BCUT2D eigenvalue weighted by Crippen LogP contribution is 2.15. The van der Waals surface area contributed by atoms with E-state index in [-0.39, 0.29) is 5.91 Å². The summed E-state index contributed by atoms with van der Waals surface area (Å²) in [7, 11) is 0. The molecule has 20 heavy (non-hydrogen) atoms. The van der Waals surface area contributed by atoms with Crippen molar-refractivity contribution in [3.05, 3.63) is 65.0 Å². The fourth-order valence-corrected chi connectivity index (χ4v) is 2.14. The second-order valence-corrected chi connectivity index (χ2v) is 4.85. The molecule has 0 atom stereocenters. The molecule has 2 N–H and O–H groups in total. The zero-order valence-corrected chi connectivity index (χ0v) is 11.2. The standard InChI is InChI=1S/C16H15N3O/c1-11-4-6-12(7-5-11)9-15-14(16(20)19-18-15)10-13-3-2-8-17-13/h2-8,10,17H,9H2,1H3,(H,19,20)/b14-10+. The summed E-state index contributed by atoms with van der Waals surface area (Å²) in [5.41, 5.74) is 7.18. The molecule has 0 fully saturated rings. The highest BCUT2D eigenvalue weighted by Gasteiger charge is 2.22. The van der Waals surface area contributed by atoms with E-state index < -0.39 is 0 Å². The zero-order valence-electron chi connectivity index (χ0n) is 11.2. The number of aromatic amines is 1. The molecule has 3 rings (SSSR count). The van der Waals surface area contributed by atoms with Crippen LogP contribution in [0.3, 0.4) is 0 Å². The minimum atomic E-state index is -0.151. The van der Waals surface area contributed by atoms with E-state index >= 15 is 0 Å². The predicted molar refractivity (Wildman–Crippen MR) is 79.2 cm³/mol. The molecule has 2 heterocycles. The normalized spacial score (nSPS) is 16.4. The van der Waals surface area contributed by atoms with Crippen molar-refractivity contribution in [1.82, 2.24) is 10.4 Å². The van der Waals surface area contributed by atoms with Crippen LogP contribution < -0.4 is 5.43 Å². The van der Waals surface area contributed by atoms with Crippen LogP contribution >= 0.6 is 0 Å². The van der Waals surface area contributed by atoms with Crippen molar-refractivity contribution in [1.29, 1.82) is 0 Å². The van der Waals surface area contributed by atoms with Gasteiger partial charge in [-0.3, -0.25) is 4.79 Å². The first-order valence-electron chi connectivity index (χ1n) is 6.50. The number of rotatable bonds is 3. The van der Waals surface area contributed by atoms with Gasteiger partial charge in [-0.2, -0.15) is 5.10 Å². The lowest BCUT2D eigenvalue weighted by atomic mass is 10.0. The molecule has 1 aliphatic rings. The van der Waals surface area contributed by atoms with Gasteiger partial charge in [-0.25, -0.2) is 5.43 Å². The molecule has 0 saturated carbocycles. The van der Waals surface area contributed by atoms with Crippen molar-refractivity contribution in [2.24, 2.45) is 5.10 Å². The van der Waals surface area contributed by atoms with Crippen LogP contribution in [0.25, 0.3) is 6.08 Å². The number of aromatic nitrogens is 1. The summed E-state index contributed by atoms with van der Waals surface area (Å²) in [6.45, 7) is 2.05. The second kappa shape index (κ2) is 5.17. The number of carbonyl (C=O) groups is 1. The molecule has 1 aliphatic heterocycles. The third-order valence-corrected chi connectivity index (χ3v) is 3.26. The van der Waals surface area contributed by atoms with E-state index in [0.717, 1.165) is 17.0 Å². The van der Waals surface area contributed by atoms with Gasteiger partial charge in [0.25, 0.3) is 5.91 Å². The first kappa shape index (κ1) is 12.4. The molecule has 1 aromatic heterocycles. The summed E-state index contributed by atoms with van der Waals surface area (Å²) in [6, 6.07) is 12.1. The fourth-order valence-electron chi connectivity index (χ4n) is 2.14. The largest absolute Gasteiger partial charge is 0.362 e. The highest BCUT2D eigenvalue weighted by molar-refractivity contribution is 6.27. The Balaban J connectivity index is 1.85. The van der Waals surface area contributed by atoms with Crippen molar-refractivity contribution in [2.75, 3.05) is 0 Å². The number of H-pyrrole nitrogens is 1. The first-order chi connectivity index (χ1) is 9.72. The van der Waals surface area contributed by atoms with E-state index in [1.807, 2.05) is 24.4 Å². The average Bonchev–Trinajstić information content (AvgIpc) is 3.06. The van der Waals surface area contributed by atoms with E-state index in [9.17, 15) is 4.79 Å². The number of hydrogen-bond donors (Lipinski definition) is 2. The predicted octanol–water partition coefficient (Wildman–Crippen LogP) is 2.44. The third-order valence-electron chi connectivity index (χ3n) is 3.26. The van der Waals surface area contributed by atoms with Gasteiger partial charge >= 0.3 is 0 Å². The Morgan fingerprint density at radius 3 is 2.70 bits per heavy atom. The van der Waals surface area contributed by atoms with Gasteiger partial charge in [0, 0.05) is 18.3 Å². The van der Waals surface area contributed by atoms with Gasteiger partial charge in [-0.1, -0.05) is 29.8 Å². The summed E-state index contributed by atoms with van der Waals surface area (Å²) in [5.74, 6) is -0.151. The Labute approximate surface area is 117 Å². The third kappa shape index (κ3) is 2.54. The SMILES string of the molecule is Cc1ccc(CC2=NNC(=O)/C2=C/c2ccc[nH]2)cc1. The molecule has 4 nitrogen and oxygen atoms in total. The maximum Gasteiger partial charge on any atom is 0.273 e. The minimum absolute atomic E-state index is 0.151. The average molecular weight is 265 g/mol. The molecule has 4 heteroatoms. The smallest absolute Gasteiger partial charge is 0.273 e. The van der Waals surface area contributed by atoms with Crippen LogP contribution in [0.4, 0.5) is 0 Å².